The zero-order valence-corrected chi connectivity index (χ0v) is 10.2. The van der Waals surface area contributed by atoms with E-state index < -0.39 is 23.3 Å². The number of fused-ring (bicyclic) bond motifs is 1. The van der Waals surface area contributed by atoms with Crippen molar-refractivity contribution in [2.45, 2.75) is 38.4 Å². The number of aryl methyl sites for hydroxylation is 1. The first-order chi connectivity index (χ1) is 8.86. The largest absolute Gasteiger partial charge is 0.507 e. The topological polar surface area (TPSA) is 63.3 Å². The number of rotatable bonds is 2. The Morgan fingerprint density at radius 1 is 1.32 bits per heavy atom. The molecule has 0 aromatic heterocycles. The highest BCUT2D eigenvalue weighted by atomic mass is 19.4. The van der Waals surface area contributed by atoms with Crippen molar-refractivity contribution in [2.75, 3.05) is 0 Å². The second kappa shape index (κ2) is 4.85. The van der Waals surface area contributed by atoms with E-state index in [1.165, 1.54) is 0 Å². The minimum absolute atomic E-state index is 0.0999. The lowest BCUT2D eigenvalue weighted by Gasteiger charge is -2.22. The maximum absolute atomic E-state index is 12.6. The summed E-state index contributed by atoms with van der Waals surface area (Å²) in [6.45, 7) is -0.0999. The van der Waals surface area contributed by atoms with E-state index in [1.807, 2.05) is 0 Å². The Labute approximate surface area is 108 Å². The van der Waals surface area contributed by atoms with E-state index in [2.05, 4.69) is 0 Å². The maximum atomic E-state index is 12.6. The Morgan fingerprint density at radius 3 is 2.53 bits per heavy atom. The van der Waals surface area contributed by atoms with Gasteiger partial charge in [-0.25, -0.2) is 0 Å². The minimum Gasteiger partial charge on any atom is -0.507 e. The molecule has 0 spiro atoms. The SMILES string of the molecule is NCc1cc2c(c(C(=O)C(F)(F)F)c1O)CCCC2. The van der Waals surface area contributed by atoms with Crippen LogP contribution in [0.3, 0.4) is 0 Å². The number of phenols is 1. The molecule has 0 amide bonds. The van der Waals surface area contributed by atoms with Gasteiger partial charge in [-0.3, -0.25) is 4.79 Å². The lowest BCUT2D eigenvalue weighted by atomic mass is 9.84. The number of nitrogens with two attached hydrogens (primary N) is 1. The molecule has 1 aromatic rings. The van der Waals surface area contributed by atoms with Crippen LogP contribution in [0.4, 0.5) is 13.2 Å². The number of halogens is 3. The number of benzene rings is 1. The van der Waals surface area contributed by atoms with Crippen molar-refractivity contribution in [3.8, 4) is 5.75 Å². The van der Waals surface area contributed by atoms with Crippen LogP contribution >= 0.6 is 0 Å². The molecule has 0 heterocycles. The van der Waals surface area contributed by atoms with Gasteiger partial charge in [0.2, 0.25) is 0 Å². The highest BCUT2D eigenvalue weighted by Gasteiger charge is 2.42. The van der Waals surface area contributed by atoms with Crippen LogP contribution in [0.5, 0.6) is 5.75 Å². The summed E-state index contributed by atoms with van der Waals surface area (Å²) in [5.41, 5.74) is 6.01. The van der Waals surface area contributed by atoms with Crippen molar-refractivity contribution >= 4 is 5.78 Å². The highest BCUT2D eigenvalue weighted by Crippen LogP contribution is 2.37. The van der Waals surface area contributed by atoms with Crippen LogP contribution in [0.15, 0.2) is 6.07 Å². The Hall–Kier alpha value is -1.56. The summed E-state index contributed by atoms with van der Waals surface area (Å²) in [5.74, 6) is -2.61. The highest BCUT2D eigenvalue weighted by molar-refractivity contribution is 6.04. The molecule has 2 rings (SSSR count). The average molecular weight is 273 g/mol. The van der Waals surface area contributed by atoms with Crippen molar-refractivity contribution < 1.29 is 23.1 Å². The predicted molar refractivity (Wildman–Crippen MR) is 63.0 cm³/mol. The summed E-state index contributed by atoms with van der Waals surface area (Å²) in [5, 5.41) is 9.88. The zero-order chi connectivity index (χ0) is 14.2. The molecule has 0 aliphatic heterocycles. The normalized spacial score (nSPS) is 15.2. The Morgan fingerprint density at radius 2 is 1.95 bits per heavy atom. The lowest BCUT2D eigenvalue weighted by molar-refractivity contribution is -0.0887. The van der Waals surface area contributed by atoms with Crippen LogP contribution in [0.2, 0.25) is 0 Å². The first kappa shape index (κ1) is 13.9. The van der Waals surface area contributed by atoms with Crippen LogP contribution in [0.25, 0.3) is 0 Å². The summed E-state index contributed by atoms with van der Waals surface area (Å²) < 4.78 is 37.9. The standard InChI is InChI=1S/C13H14F3NO2/c14-13(15,16)12(19)10-9-4-2-1-3-7(9)5-8(6-17)11(10)18/h5,18H,1-4,6,17H2. The van der Waals surface area contributed by atoms with E-state index >= 15 is 0 Å². The summed E-state index contributed by atoms with van der Waals surface area (Å²) >= 11 is 0. The van der Waals surface area contributed by atoms with Crippen molar-refractivity contribution in [1.29, 1.82) is 0 Å². The Kier molecular flexibility index (Phi) is 3.54. The average Bonchev–Trinajstić information content (AvgIpc) is 2.36. The van der Waals surface area contributed by atoms with Gasteiger partial charge in [0.1, 0.15) is 5.75 Å². The lowest BCUT2D eigenvalue weighted by Crippen LogP contribution is -2.26. The fourth-order valence-corrected chi connectivity index (χ4v) is 2.50. The van der Waals surface area contributed by atoms with Crippen LogP contribution in [-0.2, 0) is 19.4 Å². The van der Waals surface area contributed by atoms with Gasteiger partial charge in [-0.1, -0.05) is 6.07 Å². The molecule has 0 fully saturated rings. The molecule has 1 aliphatic rings. The van der Waals surface area contributed by atoms with Crippen LogP contribution in [-0.4, -0.2) is 17.1 Å². The fourth-order valence-electron chi connectivity index (χ4n) is 2.50. The van der Waals surface area contributed by atoms with Crippen molar-refractivity contribution in [1.82, 2.24) is 0 Å². The van der Waals surface area contributed by atoms with E-state index in [-0.39, 0.29) is 12.1 Å². The molecule has 1 aliphatic carbocycles. The number of hydrogen-bond acceptors (Lipinski definition) is 3. The van der Waals surface area contributed by atoms with Gasteiger partial charge >= 0.3 is 6.18 Å². The number of ketones is 1. The number of phenolic OH excluding ortho intramolecular Hbond substituents is 1. The fraction of sp³-hybridized carbons (Fsp3) is 0.462. The van der Waals surface area contributed by atoms with Gasteiger partial charge in [0.25, 0.3) is 5.78 Å². The second-order valence-electron chi connectivity index (χ2n) is 4.64. The van der Waals surface area contributed by atoms with Gasteiger partial charge in [0.05, 0.1) is 5.56 Å². The first-order valence-corrected chi connectivity index (χ1v) is 6.04. The molecule has 6 heteroatoms. The number of carbonyl (C=O) groups is 1. The number of carbonyl (C=O) groups excluding carboxylic acids is 1. The van der Waals surface area contributed by atoms with Gasteiger partial charge in [-0.15, -0.1) is 0 Å². The molecule has 0 atom stereocenters. The van der Waals surface area contributed by atoms with Crippen molar-refractivity contribution in [2.24, 2.45) is 5.73 Å². The van der Waals surface area contributed by atoms with E-state index in [0.717, 1.165) is 6.42 Å². The molecule has 1 aromatic carbocycles. The summed E-state index contributed by atoms with van der Waals surface area (Å²) in [6.07, 6.45) is -2.42. The van der Waals surface area contributed by atoms with Crippen LogP contribution in [0.1, 0.15) is 39.9 Å². The second-order valence-corrected chi connectivity index (χ2v) is 4.64. The molecule has 3 nitrogen and oxygen atoms in total. The number of hydrogen-bond donors (Lipinski definition) is 2. The van der Waals surface area contributed by atoms with Crippen molar-refractivity contribution in [3.05, 3.63) is 28.3 Å². The Bertz CT molecular complexity index is 524. The quantitative estimate of drug-likeness (QED) is 0.814. The summed E-state index contributed by atoms with van der Waals surface area (Å²) in [4.78, 5) is 11.5. The molecular weight excluding hydrogens is 259 g/mol. The molecule has 0 saturated heterocycles. The molecule has 0 saturated carbocycles. The monoisotopic (exact) mass is 273 g/mol. The van der Waals surface area contributed by atoms with E-state index in [4.69, 9.17) is 5.73 Å². The van der Waals surface area contributed by atoms with Gasteiger partial charge in [-0.2, -0.15) is 13.2 Å². The van der Waals surface area contributed by atoms with E-state index in [0.29, 0.717) is 30.4 Å². The Balaban J connectivity index is 2.66. The predicted octanol–water partition coefficient (Wildman–Crippen LogP) is 2.47. The third kappa shape index (κ3) is 2.45. The molecule has 0 radical (unpaired) electrons. The van der Waals surface area contributed by atoms with Crippen LogP contribution in [0, 0.1) is 0 Å². The zero-order valence-electron chi connectivity index (χ0n) is 10.2. The van der Waals surface area contributed by atoms with Gasteiger partial charge in [0.15, 0.2) is 0 Å². The summed E-state index contributed by atoms with van der Waals surface area (Å²) in [6, 6.07) is 1.61. The third-order valence-corrected chi connectivity index (χ3v) is 3.41. The maximum Gasteiger partial charge on any atom is 0.455 e. The van der Waals surface area contributed by atoms with E-state index in [1.54, 1.807) is 6.07 Å². The minimum atomic E-state index is -4.99. The van der Waals surface area contributed by atoms with Crippen LogP contribution < -0.4 is 5.73 Å². The first-order valence-electron chi connectivity index (χ1n) is 6.04. The number of aromatic hydroxyl groups is 1. The molecule has 104 valence electrons. The summed E-state index contributed by atoms with van der Waals surface area (Å²) in [7, 11) is 0. The number of alkyl halides is 3. The molecule has 3 N–H and O–H groups in total. The van der Waals surface area contributed by atoms with Crippen molar-refractivity contribution in [3.63, 3.8) is 0 Å². The molecule has 0 unspecified atom stereocenters. The van der Waals surface area contributed by atoms with Gasteiger partial charge in [0, 0.05) is 12.1 Å². The third-order valence-electron chi connectivity index (χ3n) is 3.41. The van der Waals surface area contributed by atoms with E-state index in [9.17, 15) is 23.1 Å². The number of Topliss-reactive ketones (excluding diaryl/α,β-unsaturated/α-hetero) is 1. The molecule has 0 bridgehead atoms. The van der Waals surface area contributed by atoms with Gasteiger partial charge < -0.3 is 10.8 Å². The molecule has 19 heavy (non-hydrogen) atoms. The smallest absolute Gasteiger partial charge is 0.455 e. The van der Waals surface area contributed by atoms with Gasteiger partial charge in [-0.05, 0) is 36.8 Å². The molecular formula is C13H14F3NO2.